The first-order valence-corrected chi connectivity index (χ1v) is 5.56. The summed E-state index contributed by atoms with van der Waals surface area (Å²) in [6.07, 6.45) is 3.25. The molecule has 1 aromatic heterocycles. The maximum Gasteiger partial charge on any atom is 0.251 e. The second-order valence-electron chi connectivity index (χ2n) is 3.72. The molecule has 0 saturated heterocycles. The molecular weight excluding hydrogens is 238 g/mol. The van der Waals surface area contributed by atoms with Gasteiger partial charge >= 0.3 is 0 Å². The fourth-order valence-corrected chi connectivity index (χ4v) is 1.56. The van der Waals surface area contributed by atoms with Crippen molar-refractivity contribution in [1.82, 2.24) is 15.3 Å². The highest BCUT2D eigenvalue weighted by Gasteiger charge is 2.06. The summed E-state index contributed by atoms with van der Waals surface area (Å²) in [5.74, 6) is -0.126. The summed E-state index contributed by atoms with van der Waals surface area (Å²) in [6.45, 7) is 2.30. The van der Waals surface area contributed by atoms with E-state index in [1.807, 2.05) is 6.92 Å². The molecule has 1 aromatic carbocycles. The fraction of sp³-hybridized carbons (Fsp3) is 0.167. The Kier molecular flexibility index (Phi) is 3.44. The van der Waals surface area contributed by atoms with E-state index in [4.69, 9.17) is 11.6 Å². The second-order valence-corrected chi connectivity index (χ2v) is 4.13. The zero-order valence-electron chi connectivity index (χ0n) is 9.33. The van der Waals surface area contributed by atoms with E-state index in [2.05, 4.69) is 15.3 Å². The van der Waals surface area contributed by atoms with Crippen LogP contribution >= 0.6 is 11.6 Å². The summed E-state index contributed by atoms with van der Waals surface area (Å²) >= 11 is 5.90. The molecule has 4 nitrogen and oxygen atoms in total. The molecule has 0 radical (unpaired) electrons. The molecule has 1 amide bonds. The van der Waals surface area contributed by atoms with E-state index in [0.717, 1.165) is 11.3 Å². The summed E-state index contributed by atoms with van der Waals surface area (Å²) in [4.78, 5) is 18.6. The largest absolute Gasteiger partial charge is 0.347 e. The standard InChI is InChI=1S/C12H12ClN3O/c1-8-4-9(2-3-11(8)13)12(17)15-6-10-5-14-7-16-10/h2-5,7H,6H2,1H3,(H,14,16)(H,15,17). The van der Waals surface area contributed by atoms with Gasteiger partial charge < -0.3 is 10.3 Å². The molecule has 0 saturated carbocycles. The number of halogens is 1. The van der Waals surface area contributed by atoms with Gasteiger partial charge in [-0.15, -0.1) is 0 Å². The van der Waals surface area contributed by atoms with Crippen LogP contribution in [-0.4, -0.2) is 15.9 Å². The van der Waals surface area contributed by atoms with Crippen molar-refractivity contribution >= 4 is 17.5 Å². The third-order valence-corrected chi connectivity index (χ3v) is 2.84. The number of amides is 1. The Balaban J connectivity index is 2.02. The lowest BCUT2D eigenvalue weighted by Gasteiger charge is -2.05. The van der Waals surface area contributed by atoms with Gasteiger partial charge in [0.1, 0.15) is 0 Å². The number of nitrogens with zero attached hydrogens (tertiary/aromatic N) is 1. The Labute approximate surface area is 104 Å². The summed E-state index contributed by atoms with van der Waals surface area (Å²) in [6, 6.07) is 5.20. The minimum atomic E-state index is -0.126. The van der Waals surface area contributed by atoms with Crippen LogP contribution in [0.25, 0.3) is 0 Å². The SMILES string of the molecule is Cc1cc(C(=O)NCc2cnc[nH]2)ccc1Cl. The minimum absolute atomic E-state index is 0.126. The molecule has 2 rings (SSSR count). The normalized spacial score (nSPS) is 10.2. The van der Waals surface area contributed by atoms with Crippen LogP contribution < -0.4 is 5.32 Å². The van der Waals surface area contributed by atoms with Crippen LogP contribution in [-0.2, 0) is 6.54 Å². The predicted octanol–water partition coefficient (Wildman–Crippen LogP) is 2.30. The van der Waals surface area contributed by atoms with Crippen molar-refractivity contribution in [3.8, 4) is 0 Å². The first-order chi connectivity index (χ1) is 8.16. The third-order valence-electron chi connectivity index (χ3n) is 2.41. The summed E-state index contributed by atoms with van der Waals surface area (Å²) in [7, 11) is 0. The maximum absolute atomic E-state index is 11.8. The second kappa shape index (κ2) is 5.01. The van der Waals surface area contributed by atoms with Gasteiger partial charge in [-0.1, -0.05) is 11.6 Å². The van der Waals surface area contributed by atoms with Gasteiger partial charge in [-0.2, -0.15) is 0 Å². The Bertz CT molecular complexity index is 523. The highest BCUT2D eigenvalue weighted by atomic mass is 35.5. The number of aromatic amines is 1. The predicted molar refractivity (Wildman–Crippen MR) is 65.9 cm³/mol. The van der Waals surface area contributed by atoms with E-state index in [0.29, 0.717) is 17.1 Å². The number of benzene rings is 1. The van der Waals surface area contributed by atoms with E-state index in [-0.39, 0.29) is 5.91 Å². The number of hydrogen-bond donors (Lipinski definition) is 2. The first kappa shape index (κ1) is 11.7. The topological polar surface area (TPSA) is 57.8 Å². The average molecular weight is 250 g/mol. The summed E-state index contributed by atoms with van der Waals surface area (Å²) in [5, 5.41) is 3.46. The van der Waals surface area contributed by atoms with Crippen LogP contribution in [0.2, 0.25) is 5.02 Å². The minimum Gasteiger partial charge on any atom is -0.347 e. The van der Waals surface area contributed by atoms with E-state index >= 15 is 0 Å². The van der Waals surface area contributed by atoms with Crippen molar-refractivity contribution in [2.45, 2.75) is 13.5 Å². The van der Waals surface area contributed by atoms with Crippen molar-refractivity contribution < 1.29 is 4.79 Å². The van der Waals surface area contributed by atoms with Gasteiger partial charge in [0.2, 0.25) is 0 Å². The van der Waals surface area contributed by atoms with Gasteiger partial charge in [-0.3, -0.25) is 4.79 Å². The zero-order valence-corrected chi connectivity index (χ0v) is 10.1. The smallest absolute Gasteiger partial charge is 0.251 e. The number of carbonyl (C=O) groups is 1. The number of hydrogen-bond acceptors (Lipinski definition) is 2. The number of carbonyl (C=O) groups excluding carboxylic acids is 1. The van der Waals surface area contributed by atoms with Gasteiger partial charge in [0.15, 0.2) is 0 Å². The van der Waals surface area contributed by atoms with Crippen molar-refractivity contribution in [2.75, 3.05) is 0 Å². The van der Waals surface area contributed by atoms with E-state index in [1.165, 1.54) is 0 Å². The van der Waals surface area contributed by atoms with Gasteiger partial charge in [-0.25, -0.2) is 4.98 Å². The molecule has 17 heavy (non-hydrogen) atoms. The molecule has 0 aliphatic heterocycles. The Morgan fingerprint density at radius 1 is 1.53 bits per heavy atom. The maximum atomic E-state index is 11.8. The lowest BCUT2D eigenvalue weighted by Crippen LogP contribution is -2.22. The number of aryl methyl sites for hydroxylation is 1. The number of H-pyrrole nitrogens is 1. The van der Waals surface area contributed by atoms with Gasteiger partial charge in [0, 0.05) is 16.8 Å². The van der Waals surface area contributed by atoms with Crippen LogP contribution in [0, 0.1) is 6.92 Å². The molecule has 0 atom stereocenters. The first-order valence-electron chi connectivity index (χ1n) is 5.18. The molecule has 0 aliphatic rings. The third kappa shape index (κ3) is 2.85. The van der Waals surface area contributed by atoms with Crippen molar-refractivity contribution in [2.24, 2.45) is 0 Å². The van der Waals surface area contributed by atoms with Gasteiger partial charge in [0.25, 0.3) is 5.91 Å². The summed E-state index contributed by atoms with van der Waals surface area (Å²) in [5.41, 5.74) is 2.36. The molecule has 5 heteroatoms. The molecule has 2 aromatic rings. The molecule has 0 fully saturated rings. The monoisotopic (exact) mass is 249 g/mol. The van der Waals surface area contributed by atoms with Crippen LogP contribution in [0.4, 0.5) is 0 Å². The lowest BCUT2D eigenvalue weighted by molar-refractivity contribution is 0.0950. The molecule has 0 unspecified atom stereocenters. The molecule has 0 aliphatic carbocycles. The van der Waals surface area contributed by atoms with Crippen molar-refractivity contribution in [3.63, 3.8) is 0 Å². The lowest BCUT2D eigenvalue weighted by atomic mass is 10.1. The molecule has 2 N–H and O–H groups in total. The van der Waals surface area contributed by atoms with Crippen molar-refractivity contribution in [3.05, 3.63) is 52.6 Å². The van der Waals surface area contributed by atoms with E-state index in [9.17, 15) is 4.79 Å². The molecule has 1 heterocycles. The molecule has 88 valence electrons. The van der Waals surface area contributed by atoms with Crippen LogP contribution in [0.3, 0.4) is 0 Å². The summed E-state index contributed by atoms with van der Waals surface area (Å²) < 4.78 is 0. The quantitative estimate of drug-likeness (QED) is 0.877. The Morgan fingerprint density at radius 3 is 3.00 bits per heavy atom. The van der Waals surface area contributed by atoms with E-state index in [1.54, 1.807) is 30.7 Å². The van der Waals surface area contributed by atoms with Crippen LogP contribution in [0.1, 0.15) is 21.6 Å². The highest BCUT2D eigenvalue weighted by molar-refractivity contribution is 6.31. The van der Waals surface area contributed by atoms with Crippen LogP contribution in [0.15, 0.2) is 30.7 Å². The molecule has 0 spiro atoms. The Morgan fingerprint density at radius 2 is 2.35 bits per heavy atom. The molecular formula is C12H12ClN3O. The molecule has 0 bridgehead atoms. The number of aromatic nitrogens is 2. The number of nitrogens with one attached hydrogen (secondary N) is 2. The van der Waals surface area contributed by atoms with Gasteiger partial charge in [-0.05, 0) is 30.7 Å². The van der Waals surface area contributed by atoms with Crippen molar-refractivity contribution in [1.29, 1.82) is 0 Å². The Hall–Kier alpha value is -1.81. The van der Waals surface area contributed by atoms with Crippen LogP contribution in [0.5, 0.6) is 0 Å². The number of imidazole rings is 1. The zero-order chi connectivity index (χ0) is 12.3. The number of rotatable bonds is 3. The highest BCUT2D eigenvalue weighted by Crippen LogP contribution is 2.16. The van der Waals surface area contributed by atoms with E-state index < -0.39 is 0 Å². The van der Waals surface area contributed by atoms with Gasteiger partial charge in [0.05, 0.1) is 18.6 Å². The fourth-order valence-electron chi connectivity index (χ4n) is 1.44. The average Bonchev–Trinajstić information content (AvgIpc) is 2.82.